The Hall–Kier alpha value is -3.79. The summed E-state index contributed by atoms with van der Waals surface area (Å²) < 4.78 is 12.0. The van der Waals surface area contributed by atoms with Gasteiger partial charge in [-0.05, 0) is 25.0 Å². The highest BCUT2D eigenvalue weighted by molar-refractivity contribution is 5.94. The molecule has 10 heteroatoms. The predicted molar refractivity (Wildman–Crippen MR) is 114 cm³/mol. The Kier molecular flexibility index (Phi) is 5.62. The van der Waals surface area contributed by atoms with Crippen LogP contribution in [0.1, 0.15) is 35.7 Å². The van der Waals surface area contributed by atoms with Gasteiger partial charge in [0, 0.05) is 24.5 Å². The highest BCUT2D eigenvalue weighted by Gasteiger charge is 2.34. The smallest absolute Gasteiger partial charge is 0.316 e. The normalized spacial score (nSPS) is 14.5. The van der Waals surface area contributed by atoms with E-state index in [0.717, 1.165) is 16.7 Å². The largest absolute Gasteiger partial charge is 0.501 e. The van der Waals surface area contributed by atoms with Gasteiger partial charge in [0.25, 0.3) is 11.5 Å². The van der Waals surface area contributed by atoms with E-state index < -0.39 is 22.8 Å². The molecule has 4 rings (SSSR count). The van der Waals surface area contributed by atoms with Crippen LogP contribution in [0.4, 0.5) is 0 Å². The van der Waals surface area contributed by atoms with E-state index in [0.29, 0.717) is 12.4 Å². The molecule has 0 saturated heterocycles. The second-order valence-corrected chi connectivity index (χ2v) is 7.75. The zero-order valence-corrected chi connectivity index (χ0v) is 18.0. The van der Waals surface area contributed by atoms with Gasteiger partial charge in [-0.1, -0.05) is 24.3 Å². The average Bonchev–Trinajstić information content (AvgIpc) is 2.80. The molecule has 0 spiro atoms. The number of aromatic hydroxyl groups is 1. The SMILES string of the molecule is COc1ncc(-c2ccccc2CNC(=O)c2nc3n(c(=O)c2O)CCOC3(C)C)cn1. The number of carbonyl (C=O) groups excluding carboxylic acids is 1. The maximum Gasteiger partial charge on any atom is 0.316 e. The fourth-order valence-electron chi connectivity index (χ4n) is 3.60. The Labute approximate surface area is 183 Å². The van der Waals surface area contributed by atoms with Crippen molar-refractivity contribution in [2.45, 2.75) is 32.5 Å². The van der Waals surface area contributed by atoms with Gasteiger partial charge < -0.3 is 19.9 Å². The summed E-state index contributed by atoms with van der Waals surface area (Å²) in [7, 11) is 1.49. The molecule has 0 unspecified atom stereocenters. The average molecular weight is 437 g/mol. The lowest BCUT2D eigenvalue weighted by atomic mass is 10.0. The van der Waals surface area contributed by atoms with Gasteiger partial charge in [0.15, 0.2) is 5.69 Å². The number of carbonyl (C=O) groups is 1. The van der Waals surface area contributed by atoms with Crippen molar-refractivity contribution in [3.05, 3.63) is 64.1 Å². The third-order valence-corrected chi connectivity index (χ3v) is 5.26. The van der Waals surface area contributed by atoms with Crippen LogP contribution >= 0.6 is 0 Å². The number of ether oxygens (including phenoxy) is 2. The first-order valence-electron chi connectivity index (χ1n) is 10.0. The van der Waals surface area contributed by atoms with E-state index in [1.54, 1.807) is 26.2 Å². The minimum Gasteiger partial charge on any atom is -0.501 e. The Morgan fingerprint density at radius 1 is 1.28 bits per heavy atom. The first kappa shape index (κ1) is 21.4. The number of nitrogens with one attached hydrogen (secondary N) is 1. The van der Waals surface area contributed by atoms with Gasteiger partial charge in [-0.15, -0.1) is 0 Å². The van der Waals surface area contributed by atoms with Gasteiger partial charge in [0.05, 0.1) is 20.3 Å². The van der Waals surface area contributed by atoms with E-state index in [2.05, 4.69) is 20.3 Å². The van der Waals surface area contributed by atoms with Crippen LogP contribution in [-0.4, -0.2) is 44.2 Å². The zero-order valence-electron chi connectivity index (χ0n) is 18.0. The first-order chi connectivity index (χ1) is 15.3. The lowest BCUT2D eigenvalue weighted by Gasteiger charge is -2.32. The van der Waals surface area contributed by atoms with Crippen molar-refractivity contribution in [1.29, 1.82) is 0 Å². The van der Waals surface area contributed by atoms with Crippen LogP contribution < -0.4 is 15.6 Å². The summed E-state index contributed by atoms with van der Waals surface area (Å²) in [4.78, 5) is 38.0. The molecule has 3 heterocycles. The molecule has 0 atom stereocenters. The quantitative estimate of drug-likeness (QED) is 0.616. The van der Waals surface area contributed by atoms with E-state index in [-0.39, 0.29) is 24.8 Å². The van der Waals surface area contributed by atoms with Gasteiger partial charge >= 0.3 is 6.01 Å². The first-order valence-corrected chi connectivity index (χ1v) is 10.0. The molecule has 0 radical (unpaired) electrons. The maximum atomic E-state index is 12.9. The third kappa shape index (κ3) is 3.92. The van der Waals surface area contributed by atoms with E-state index in [4.69, 9.17) is 9.47 Å². The predicted octanol–water partition coefficient (Wildman–Crippen LogP) is 1.61. The molecular formula is C22H23N5O5. The number of benzene rings is 1. The summed E-state index contributed by atoms with van der Waals surface area (Å²) >= 11 is 0. The molecule has 32 heavy (non-hydrogen) atoms. The summed E-state index contributed by atoms with van der Waals surface area (Å²) in [6, 6.07) is 7.70. The van der Waals surface area contributed by atoms with Crippen LogP contribution in [0, 0.1) is 0 Å². The van der Waals surface area contributed by atoms with Crippen molar-refractivity contribution in [1.82, 2.24) is 24.8 Å². The van der Waals surface area contributed by atoms with Crippen LogP contribution in [0.15, 0.2) is 41.5 Å². The van der Waals surface area contributed by atoms with E-state index in [1.807, 2.05) is 24.3 Å². The fourth-order valence-corrected chi connectivity index (χ4v) is 3.60. The van der Waals surface area contributed by atoms with Crippen LogP contribution in [-0.2, 0) is 23.4 Å². The van der Waals surface area contributed by atoms with Gasteiger partial charge in [0.1, 0.15) is 11.4 Å². The second-order valence-electron chi connectivity index (χ2n) is 7.75. The number of aromatic nitrogens is 4. The van der Waals surface area contributed by atoms with Gasteiger partial charge in [0.2, 0.25) is 5.75 Å². The van der Waals surface area contributed by atoms with Crippen molar-refractivity contribution in [3.8, 4) is 22.9 Å². The van der Waals surface area contributed by atoms with Crippen LogP contribution in [0.25, 0.3) is 11.1 Å². The van der Waals surface area contributed by atoms with Gasteiger partial charge in [-0.2, -0.15) is 0 Å². The molecule has 1 aromatic carbocycles. The Morgan fingerprint density at radius 3 is 2.72 bits per heavy atom. The summed E-state index contributed by atoms with van der Waals surface area (Å²) in [5, 5.41) is 13.1. The number of rotatable bonds is 5. The monoisotopic (exact) mass is 437 g/mol. The topological polar surface area (TPSA) is 128 Å². The second kappa shape index (κ2) is 8.39. The third-order valence-electron chi connectivity index (χ3n) is 5.26. The molecule has 3 aromatic rings. The molecule has 1 amide bonds. The molecular weight excluding hydrogens is 414 g/mol. The summed E-state index contributed by atoms with van der Waals surface area (Å²) in [6.07, 6.45) is 3.26. The number of amides is 1. The minimum absolute atomic E-state index is 0.139. The van der Waals surface area contributed by atoms with Crippen molar-refractivity contribution in [2.75, 3.05) is 13.7 Å². The molecule has 2 aromatic heterocycles. The van der Waals surface area contributed by atoms with E-state index in [1.165, 1.54) is 11.7 Å². The van der Waals surface area contributed by atoms with E-state index >= 15 is 0 Å². The summed E-state index contributed by atoms with van der Waals surface area (Å²) in [6.45, 7) is 4.24. The molecule has 0 bridgehead atoms. The highest BCUT2D eigenvalue weighted by atomic mass is 16.5. The molecule has 166 valence electrons. The Morgan fingerprint density at radius 2 is 2.00 bits per heavy atom. The number of nitrogens with zero attached hydrogens (tertiary/aromatic N) is 4. The molecule has 1 aliphatic rings. The lowest BCUT2D eigenvalue weighted by molar-refractivity contribution is -0.0566. The van der Waals surface area contributed by atoms with Crippen molar-refractivity contribution in [2.24, 2.45) is 0 Å². The zero-order chi connectivity index (χ0) is 22.9. The minimum atomic E-state index is -0.860. The van der Waals surface area contributed by atoms with Crippen molar-refractivity contribution >= 4 is 5.91 Å². The van der Waals surface area contributed by atoms with Gasteiger partial charge in [-0.3, -0.25) is 14.2 Å². The van der Waals surface area contributed by atoms with Crippen molar-refractivity contribution < 1.29 is 19.4 Å². The molecule has 10 nitrogen and oxygen atoms in total. The number of hydrogen-bond acceptors (Lipinski definition) is 8. The highest BCUT2D eigenvalue weighted by Crippen LogP contribution is 2.27. The number of methoxy groups -OCH3 is 1. The van der Waals surface area contributed by atoms with Crippen LogP contribution in [0.3, 0.4) is 0 Å². The summed E-state index contributed by atoms with van der Waals surface area (Å²) in [5.74, 6) is -1.04. The fraction of sp³-hybridized carbons (Fsp3) is 0.318. The van der Waals surface area contributed by atoms with Crippen LogP contribution in [0.2, 0.25) is 0 Å². The molecule has 0 aliphatic carbocycles. The summed E-state index contributed by atoms with van der Waals surface area (Å²) in [5.41, 5.74) is 0.529. The Balaban J connectivity index is 1.60. The van der Waals surface area contributed by atoms with Crippen molar-refractivity contribution in [3.63, 3.8) is 0 Å². The molecule has 0 fully saturated rings. The Bertz CT molecular complexity index is 1220. The van der Waals surface area contributed by atoms with Crippen LogP contribution in [0.5, 0.6) is 11.8 Å². The standard InChI is InChI=1S/C22H23N5O5/c1-22(2)20-26-16(17(28)19(30)27(20)8-9-32-22)18(29)23-10-13-6-4-5-7-15(13)14-11-24-21(31-3)25-12-14/h4-7,11-12,28H,8-10H2,1-3H3,(H,23,29). The van der Waals surface area contributed by atoms with Gasteiger partial charge in [-0.25, -0.2) is 15.0 Å². The lowest BCUT2D eigenvalue weighted by Crippen LogP contribution is -2.42. The number of fused-ring (bicyclic) bond motifs is 1. The molecule has 1 aliphatic heterocycles. The molecule has 0 saturated carbocycles. The molecule has 2 N–H and O–H groups in total. The number of hydrogen-bond donors (Lipinski definition) is 2. The van der Waals surface area contributed by atoms with E-state index in [9.17, 15) is 14.7 Å². The maximum absolute atomic E-state index is 12.9.